The number of carbonyl (C=O) groups is 2. The minimum absolute atomic E-state index is 0.0281. The minimum atomic E-state index is -0.585. The van der Waals surface area contributed by atoms with Gasteiger partial charge in [0.1, 0.15) is 5.82 Å². The maximum atomic E-state index is 13.4. The van der Waals surface area contributed by atoms with Gasteiger partial charge in [-0.25, -0.2) is 4.39 Å². The summed E-state index contributed by atoms with van der Waals surface area (Å²) in [6.45, 7) is 0.431. The Bertz CT molecular complexity index is 753. The predicted octanol–water partition coefficient (Wildman–Crippen LogP) is 3.22. The average molecular weight is 369 g/mol. The molecule has 2 amide bonds. The summed E-state index contributed by atoms with van der Waals surface area (Å²) in [7, 11) is 0. The van der Waals surface area contributed by atoms with Crippen molar-refractivity contribution in [1.29, 1.82) is 0 Å². The van der Waals surface area contributed by atoms with Crippen LogP contribution >= 0.6 is 23.2 Å². The minimum Gasteiger partial charge on any atom is -0.354 e. The molecule has 0 aromatic heterocycles. The standard InChI is InChI=1S/C17H15Cl2FN2O2/c18-13-6-5-11(9-14(13)19)10-16(23)21-7-8-22-17(24)12-3-1-2-4-15(12)20/h1-6,9H,7-8,10H2,(H,21,23)(H,22,24). The Balaban J connectivity index is 1.74. The Labute approximate surface area is 149 Å². The van der Waals surface area contributed by atoms with Crippen molar-refractivity contribution in [2.24, 2.45) is 0 Å². The Morgan fingerprint density at radius 1 is 0.958 bits per heavy atom. The quantitative estimate of drug-likeness (QED) is 0.769. The van der Waals surface area contributed by atoms with Gasteiger partial charge in [0.05, 0.1) is 22.0 Å². The molecule has 4 nitrogen and oxygen atoms in total. The fourth-order valence-corrected chi connectivity index (χ4v) is 2.34. The molecule has 0 spiro atoms. The van der Waals surface area contributed by atoms with Gasteiger partial charge in [0.2, 0.25) is 5.91 Å². The van der Waals surface area contributed by atoms with Crippen LogP contribution in [0.4, 0.5) is 4.39 Å². The Kier molecular flexibility index (Phi) is 6.58. The molecule has 0 atom stereocenters. The van der Waals surface area contributed by atoms with Gasteiger partial charge in [-0.3, -0.25) is 9.59 Å². The van der Waals surface area contributed by atoms with E-state index < -0.39 is 11.7 Å². The summed E-state index contributed by atoms with van der Waals surface area (Å²) in [6, 6.07) is 10.7. The SMILES string of the molecule is O=C(Cc1ccc(Cl)c(Cl)c1)NCCNC(=O)c1ccccc1F. The highest BCUT2D eigenvalue weighted by atomic mass is 35.5. The normalized spacial score (nSPS) is 10.3. The van der Waals surface area contributed by atoms with Crippen LogP contribution in [0.25, 0.3) is 0 Å². The third-order valence-electron chi connectivity index (χ3n) is 3.20. The number of nitrogens with one attached hydrogen (secondary N) is 2. The van der Waals surface area contributed by atoms with E-state index in [1.54, 1.807) is 24.3 Å². The largest absolute Gasteiger partial charge is 0.354 e. The van der Waals surface area contributed by atoms with E-state index in [-0.39, 0.29) is 31.0 Å². The van der Waals surface area contributed by atoms with E-state index in [1.165, 1.54) is 18.2 Å². The summed E-state index contributed by atoms with van der Waals surface area (Å²) in [5.41, 5.74) is 0.705. The summed E-state index contributed by atoms with van der Waals surface area (Å²) < 4.78 is 13.4. The van der Waals surface area contributed by atoms with Gasteiger partial charge >= 0.3 is 0 Å². The summed E-state index contributed by atoms with van der Waals surface area (Å²) in [4.78, 5) is 23.6. The molecule has 0 bridgehead atoms. The molecule has 2 aromatic rings. The lowest BCUT2D eigenvalue weighted by Crippen LogP contribution is -2.35. The van der Waals surface area contributed by atoms with Crippen molar-refractivity contribution in [2.75, 3.05) is 13.1 Å². The maximum absolute atomic E-state index is 13.4. The second kappa shape index (κ2) is 8.66. The van der Waals surface area contributed by atoms with Gasteiger partial charge in [-0.15, -0.1) is 0 Å². The molecule has 126 valence electrons. The highest BCUT2D eigenvalue weighted by molar-refractivity contribution is 6.42. The van der Waals surface area contributed by atoms with Gasteiger partial charge in [0, 0.05) is 13.1 Å². The summed E-state index contributed by atoms with van der Waals surface area (Å²) in [5.74, 6) is -1.32. The molecule has 0 unspecified atom stereocenters. The van der Waals surface area contributed by atoms with E-state index in [4.69, 9.17) is 23.2 Å². The molecular weight excluding hydrogens is 354 g/mol. The van der Waals surface area contributed by atoms with Crippen LogP contribution in [0.5, 0.6) is 0 Å². The molecule has 0 aliphatic heterocycles. The number of rotatable bonds is 6. The van der Waals surface area contributed by atoms with E-state index in [2.05, 4.69) is 10.6 Å². The Hall–Kier alpha value is -2.11. The predicted molar refractivity (Wildman–Crippen MR) is 91.9 cm³/mol. The second-order valence-electron chi connectivity index (χ2n) is 5.01. The first-order valence-corrected chi connectivity index (χ1v) is 7.96. The highest BCUT2D eigenvalue weighted by Gasteiger charge is 2.10. The van der Waals surface area contributed by atoms with Crippen LogP contribution in [0, 0.1) is 5.82 Å². The molecule has 0 aliphatic carbocycles. The first-order chi connectivity index (χ1) is 11.5. The molecule has 0 aliphatic rings. The number of hydrogen-bond donors (Lipinski definition) is 2. The van der Waals surface area contributed by atoms with Crippen LogP contribution in [0.1, 0.15) is 15.9 Å². The van der Waals surface area contributed by atoms with Crippen molar-refractivity contribution in [2.45, 2.75) is 6.42 Å². The van der Waals surface area contributed by atoms with Crippen molar-refractivity contribution in [3.8, 4) is 0 Å². The molecule has 0 radical (unpaired) electrons. The molecule has 0 saturated carbocycles. The van der Waals surface area contributed by atoms with Gasteiger partial charge in [-0.05, 0) is 29.8 Å². The van der Waals surface area contributed by atoms with Gasteiger partial charge in [0.15, 0.2) is 0 Å². The van der Waals surface area contributed by atoms with Crippen LogP contribution in [0.15, 0.2) is 42.5 Å². The van der Waals surface area contributed by atoms with Crippen LogP contribution in [-0.4, -0.2) is 24.9 Å². The number of benzene rings is 2. The zero-order chi connectivity index (χ0) is 17.5. The van der Waals surface area contributed by atoms with Crippen molar-refractivity contribution < 1.29 is 14.0 Å². The highest BCUT2D eigenvalue weighted by Crippen LogP contribution is 2.22. The van der Waals surface area contributed by atoms with Crippen LogP contribution in [0.2, 0.25) is 10.0 Å². The number of carbonyl (C=O) groups excluding carboxylic acids is 2. The molecule has 0 saturated heterocycles. The maximum Gasteiger partial charge on any atom is 0.254 e. The van der Waals surface area contributed by atoms with Gasteiger partial charge in [-0.1, -0.05) is 41.4 Å². The molecule has 2 rings (SSSR count). The Morgan fingerprint density at radius 2 is 1.67 bits per heavy atom. The third kappa shape index (κ3) is 5.22. The third-order valence-corrected chi connectivity index (χ3v) is 3.94. The fraction of sp³-hybridized carbons (Fsp3) is 0.176. The summed E-state index contributed by atoms with van der Waals surface area (Å²) >= 11 is 11.7. The molecular formula is C17H15Cl2FN2O2. The van der Waals surface area contributed by atoms with E-state index >= 15 is 0 Å². The topological polar surface area (TPSA) is 58.2 Å². The van der Waals surface area contributed by atoms with Crippen molar-refractivity contribution >= 4 is 35.0 Å². The molecule has 7 heteroatoms. The first-order valence-electron chi connectivity index (χ1n) is 7.20. The van der Waals surface area contributed by atoms with Crippen molar-refractivity contribution in [3.05, 3.63) is 69.5 Å². The van der Waals surface area contributed by atoms with Crippen molar-refractivity contribution in [3.63, 3.8) is 0 Å². The van der Waals surface area contributed by atoms with Gasteiger partial charge < -0.3 is 10.6 Å². The van der Waals surface area contributed by atoms with Gasteiger partial charge in [0.25, 0.3) is 5.91 Å². The van der Waals surface area contributed by atoms with Crippen LogP contribution < -0.4 is 10.6 Å². The fourth-order valence-electron chi connectivity index (χ4n) is 2.02. The first kappa shape index (κ1) is 18.2. The van der Waals surface area contributed by atoms with E-state index in [0.717, 1.165) is 5.56 Å². The number of hydrogen-bond acceptors (Lipinski definition) is 2. The molecule has 0 heterocycles. The van der Waals surface area contributed by atoms with E-state index in [9.17, 15) is 14.0 Å². The summed E-state index contributed by atoms with van der Waals surface area (Å²) in [6.07, 6.45) is 0.151. The molecule has 2 N–H and O–H groups in total. The monoisotopic (exact) mass is 368 g/mol. The molecule has 0 fully saturated rings. The lowest BCUT2D eigenvalue weighted by molar-refractivity contribution is -0.120. The zero-order valence-electron chi connectivity index (χ0n) is 12.6. The number of halogens is 3. The molecule has 24 heavy (non-hydrogen) atoms. The smallest absolute Gasteiger partial charge is 0.254 e. The zero-order valence-corrected chi connectivity index (χ0v) is 14.1. The van der Waals surface area contributed by atoms with Gasteiger partial charge in [-0.2, -0.15) is 0 Å². The van der Waals surface area contributed by atoms with Crippen LogP contribution in [-0.2, 0) is 11.2 Å². The van der Waals surface area contributed by atoms with E-state index in [1.807, 2.05) is 0 Å². The average Bonchev–Trinajstić information content (AvgIpc) is 2.55. The number of amides is 2. The Morgan fingerprint density at radius 3 is 2.38 bits per heavy atom. The lowest BCUT2D eigenvalue weighted by Gasteiger charge is -2.08. The second-order valence-corrected chi connectivity index (χ2v) is 5.83. The van der Waals surface area contributed by atoms with Crippen LogP contribution in [0.3, 0.4) is 0 Å². The lowest BCUT2D eigenvalue weighted by atomic mass is 10.1. The van der Waals surface area contributed by atoms with Crippen molar-refractivity contribution in [1.82, 2.24) is 10.6 Å². The summed E-state index contributed by atoms with van der Waals surface area (Å²) in [5, 5.41) is 6.02. The molecule has 2 aromatic carbocycles. The van der Waals surface area contributed by atoms with E-state index in [0.29, 0.717) is 10.0 Å².